The number of fused-ring (bicyclic) bond motifs is 1. The fourth-order valence-electron chi connectivity index (χ4n) is 1.91. The van der Waals surface area contributed by atoms with Crippen LogP contribution in [0.3, 0.4) is 0 Å². The van der Waals surface area contributed by atoms with E-state index in [2.05, 4.69) is 23.0 Å². The second-order valence-electron chi connectivity index (χ2n) is 4.29. The minimum Gasteiger partial charge on any atom is -0.384 e. The third-order valence-corrected chi connectivity index (χ3v) is 2.88. The van der Waals surface area contributed by atoms with Gasteiger partial charge in [-0.15, -0.1) is 0 Å². The van der Waals surface area contributed by atoms with Crippen molar-refractivity contribution < 1.29 is 0 Å². The topological polar surface area (TPSA) is 77.8 Å². The van der Waals surface area contributed by atoms with Crippen LogP contribution in [0.4, 0.5) is 11.6 Å². The molecule has 0 aromatic carbocycles. The summed E-state index contributed by atoms with van der Waals surface area (Å²) in [5, 5.41) is 1.000. The van der Waals surface area contributed by atoms with Crippen LogP contribution in [0.2, 0.25) is 0 Å². The van der Waals surface area contributed by atoms with Crippen LogP contribution in [0.1, 0.15) is 31.7 Å². The molecule has 4 nitrogen and oxygen atoms in total. The zero-order valence-electron chi connectivity index (χ0n) is 10.1. The summed E-state index contributed by atoms with van der Waals surface area (Å²) in [5.74, 6) is 1.09. The van der Waals surface area contributed by atoms with E-state index in [1.54, 1.807) is 12.3 Å². The first-order chi connectivity index (χ1) is 8.20. The molecule has 17 heavy (non-hydrogen) atoms. The summed E-state index contributed by atoms with van der Waals surface area (Å²) in [6.45, 7) is 2.19. The predicted molar refractivity (Wildman–Crippen MR) is 71.6 cm³/mol. The first kappa shape index (κ1) is 11.6. The second-order valence-corrected chi connectivity index (χ2v) is 4.29. The zero-order chi connectivity index (χ0) is 12.3. The molecule has 0 aliphatic rings. The van der Waals surface area contributed by atoms with Gasteiger partial charge in [-0.1, -0.05) is 19.8 Å². The van der Waals surface area contributed by atoms with E-state index in [-0.39, 0.29) is 0 Å². The van der Waals surface area contributed by atoms with Gasteiger partial charge < -0.3 is 11.5 Å². The number of nitrogens with zero attached hydrogens (tertiary/aromatic N) is 2. The third kappa shape index (κ3) is 2.64. The Morgan fingerprint density at radius 2 is 2.00 bits per heavy atom. The van der Waals surface area contributed by atoms with Gasteiger partial charge in [0.1, 0.15) is 11.6 Å². The van der Waals surface area contributed by atoms with Crippen molar-refractivity contribution in [2.45, 2.75) is 32.6 Å². The standard InChI is InChI=1S/C13H18N4/c1-2-3-4-5-9-6-10-8-16-12(14)7-11(10)17-13(9)15/h6-8H,2-5H2,1H3,(H2,14,16)(H2,15,17). The summed E-state index contributed by atoms with van der Waals surface area (Å²) in [4.78, 5) is 8.44. The summed E-state index contributed by atoms with van der Waals surface area (Å²) in [6.07, 6.45) is 6.31. The van der Waals surface area contributed by atoms with Crippen molar-refractivity contribution in [1.82, 2.24) is 9.97 Å². The molecule has 0 amide bonds. The molecule has 0 atom stereocenters. The summed E-state index contributed by atoms with van der Waals surface area (Å²) >= 11 is 0. The fraction of sp³-hybridized carbons (Fsp3) is 0.385. The van der Waals surface area contributed by atoms with E-state index < -0.39 is 0 Å². The molecular formula is C13H18N4. The molecule has 0 saturated carbocycles. The largest absolute Gasteiger partial charge is 0.384 e. The van der Waals surface area contributed by atoms with Crippen molar-refractivity contribution in [3.05, 3.63) is 23.9 Å². The number of pyridine rings is 2. The molecule has 0 saturated heterocycles. The average Bonchev–Trinajstić information content (AvgIpc) is 2.30. The average molecular weight is 230 g/mol. The van der Waals surface area contributed by atoms with Gasteiger partial charge >= 0.3 is 0 Å². The van der Waals surface area contributed by atoms with Gasteiger partial charge in [-0.3, -0.25) is 0 Å². The molecular weight excluding hydrogens is 212 g/mol. The maximum absolute atomic E-state index is 5.95. The number of anilines is 2. The normalized spacial score (nSPS) is 10.9. The van der Waals surface area contributed by atoms with E-state index in [9.17, 15) is 0 Å². The molecule has 2 aromatic heterocycles. The van der Waals surface area contributed by atoms with E-state index in [0.717, 1.165) is 29.3 Å². The number of aromatic nitrogens is 2. The Morgan fingerprint density at radius 3 is 2.76 bits per heavy atom. The number of hydrogen-bond donors (Lipinski definition) is 2. The molecule has 0 bridgehead atoms. The molecule has 0 fully saturated rings. The SMILES string of the molecule is CCCCCc1cc2cnc(N)cc2nc1N. The van der Waals surface area contributed by atoms with Crippen molar-refractivity contribution >= 4 is 22.5 Å². The molecule has 0 spiro atoms. The molecule has 90 valence electrons. The minimum atomic E-state index is 0.475. The Kier molecular flexibility index (Phi) is 3.42. The number of nitrogens with two attached hydrogens (primary N) is 2. The van der Waals surface area contributed by atoms with Crippen LogP contribution < -0.4 is 11.5 Å². The van der Waals surface area contributed by atoms with Gasteiger partial charge in [-0.25, -0.2) is 9.97 Å². The first-order valence-corrected chi connectivity index (χ1v) is 6.01. The summed E-state index contributed by atoms with van der Waals surface area (Å²) in [6, 6.07) is 3.82. The third-order valence-electron chi connectivity index (χ3n) is 2.88. The summed E-state index contributed by atoms with van der Waals surface area (Å²) in [5.41, 5.74) is 13.5. The van der Waals surface area contributed by atoms with Gasteiger partial charge in [0, 0.05) is 17.6 Å². The van der Waals surface area contributed by atoms with E-state index in [1.807, 2.05) is 0 Å². The fourth-order valence-corrected chi connectivity index (χ4v) is 1.91. The van der Waals surface area contributed by atoms with E-state index in [1.165, 1.54) is 12.8 Å². The maximum atomic E-state index is 5.95. The van der Waals surface area contributed by atoms with E-state index >= 15 is 0 Å². The Morgan fingerprint density at radius 1 is 1.18 bits per heavy atom. The lowest BCUT2D eigenvalue weighted by molar-refractivity contribution is 0.718. The monoisotopic (exact) mass is 230 g/mol. The molecule has 2 heterocycles. The maximum Gasteiger partial charge on any atom is 0.127 e. The zero-order valence-corrected chi connectivity index (χ0v) is 10.1. The van der Waals surface area contributed by atoms with Gasteiger partial charge in [0.15, 0.2) is 0 Å². The smallest absolute Gasteiger partial charge is 0.127 e. The lowest BCUT2D eigenvalue weighted by Crippen LogP contribution is -2.00. The molecule has 4 heteroatoms. The molecule has 0 unspecified atom stereocenters. The van der Waals surface area contributed by atoms with Gasteiger partial charge in [0.25, 0.3) is 0 Å². The first-order valence-electron chi connectivity index (χ1n) is 6.01. The van der Waals surface area contributed by atoms with Crippen molar-refractivity contribution in [2.24, 2.45) is 0 Å². The summed E-state index contributed by atoms with van der Waals surface area (Å²) < 4.78 is 0. The Hall–Kier alpha value is -1.84. The highest BCUT2D eigenvalue weighted by Gasteiger charge is 2.04. The van der Waals surface area contributed by atoms with Crippen LogP contribution in [0.5, 0.6) is 0 Å². The van der Waals surface area contributed by atoms with Gasteiger partial charge in [0.2, 0.25) is 0 Å². The van der Waals surface area contributed by atoms with Gasteiger partial charge in [0.05, 0.1) is 5.52 Å². The minimum absolute atomic E-state index is 0.475. The lowest BCUT2D eigenvalue weighted by atomic mass is 10.1. The Balaban J connectivity index is 2.31. The van der Waals surface area contributed by atoms with E-state index in [0.29, 0.717) is 11.6 Å². The Labute approximate surface area is 101 Å². The van der Waals surface area contributed by atoms with Crippen molar-refractivity contribution in [3.8, 4) is 0 Å². The number of nitrogen functional groups attached to an aromatic ring is 2. The van der Waals surface area contributed by atoms with Crippen molar-refractivity contribution in [3.63, 3.8) is 0 Å². The van der Waals surface area contributed by atoms with E-state index in [4.69, 9.17) is 11.5 Å². The highest BCUT2D eigenvalue weighted by molar-refractivity contribution is 5.82. The lowest BCUT2D eigenvalue weighted by Gasteiger charge is -2.07. The predicted octanol–water partition coefficient (Wildman–Crippen LogP) is 2.53. The van der Waals surface area contributed by atoms with Crippen LogP contribution in [-0.2, 0) is 6.42 Å². The number of hydrogen-bond acceptors (Lipinski definition) is 4. The van der Waals surface area contributed by atoms with Crippen LogP contribution in [-0.4, -0.2) is 9.97 Å². The van der Waals surface area contributed by atoms with Crippen LogP contribution in [0.25, 0.3) is 10.9 Å². The van der Waals surface area contributed by atoms with Gasteiger partial charge in [-0.05, 0) is 24.5 Å². The Bertz CT molecular complexity index is 522. The van der Waals surface area contributed by atoms with Crippen LogP contribution in [0.15, 0.2) is 18.3 Å². The van der Waals surface area contributed by atoms with Crippen LogP contribution >= 0.6 is 0 Å². The molecule has 0 aliphatic heterocycles. The molecule has 4 N–H and O–H groups in total. The number of unbranched alkanes of at least 4 members (excludes halogenated alkanes) is 2. The molecule has 2 rings (SSSR count). The molecule has 0 radical (unpaired) electrons. The molecule has 0 aliphatic carbocycles. The number of rotatable bonds is 4. The summed E-state index contributed by atoms with van der Waals surface area (Å²) in [7, 11) is 0. The number of aryl methyl sites for hydroxylation is 1. The van der Waals surface area contributed by atoms with Gasteiger partial charge in [-0.2, -0.15) is 0 Å². The highest BCUT2D eigenvalue weighted by Crippen LogP contribution is 2.20. The molecule has 2 aromatic rings. The highest BCUT2D eigenvalue weighted by atomic mass is 14.9. The van der Waals surface area contributed by atoms with Crippen molar-refractivity contribution in [1.29, 1.82) is 0 Å². The second kappa shape index (κ2) is 4.99. The van der Waals surface area contributed by atoms with Crippen molar-refractivity contribution in [2.75, 3.05) is 11.5 Å². The van der Waals surface area contributed by atoms with Crippen LogP contribution in [0, 0.1) is 0 Å². The quantitative estimate of drug-likeness (QED) is 0.791.